The summed E-state index contributed by atoms with van der Waals surface area (Å²) in [7, 11) is 0. The lowest BCUT2D eigenvalue weighted by Gasteiger charge is -2.08. The smallest absolute Gasteiger partial charge is 0.255 e. The first kappa shape index (κ1) is 13.1. The normalized spacial score (nSPS) is 10.5. The first-order valence-corrected chi connectivity index (χ1v) is 6.66. The summed E-state index contributed by atoms with van der Waals surface area (Å²) in [5, 5.41) is 3.86. The van der Waals surface area contributed by atoms with E-state index in [1.165, 1.54) is 0 Å². The SMILES string of the molecule is Cc1ccc(C(=O)Nc2ccc3ncccc3c2)cc1N. The molecule has 4 heteroatoms. The number of nitrogens with one attached hydrogen (secondary N) is 1. The Balaban J connectivity index is 1.87. The summed E-state index contributed by atoms with van der Waals surface area (Å²) in [5.41, 5.74) is 9.60. The lowest BCUT2D eigenvalue weighted by molar-refractivity contribution is 0.102. The zero-order valence-corrected chi connectivity index (χ0v) is 11.6. The van der Waals surface area contributed by atoms with Gasteiger partial charge in [-0.1, -0.05) is 12.1 Å². The van der Waals surface area contributed by atoms with E-state index >= 15 is 0 Å². The Morgan fingerprint density at radius 2 is 2.00 bits per heavy atom. The number of nitrogens with two attached hydrogens (primary N) is 1. The summed E-state index contributed by atoms with van der Waals surface area (Å²) < 4.78 is 0. The predicted molar refractivity (Wildman–Crippen MR) is 85.3 cm³/mol. The Morgan fingerprint density at radius 3 is 2.81 bits per heavy atom. The van der Waals surface area contributed by atoms with Crippen molar-refractivity contribution < 1.29 is 4.79 Å². The van der Waals surface area contributed by atoms with Crippen LogP contribution in [-0.4, -0.2) is 10.9 Å². The summed E-state index contributed by atoms with van der Waals surface area (Å²) in [6, 6.07) is 14.7. The first-order valence-electron chi connectivity index (χ1n) is 6.66. The van der Waals surface area contributed by atoms with Crippen molar-refractivity contribution in [3.8, 4) is 0 Å². The summed E-state index contributed by atoms with van der Waals surface area (Å²) in [4.78, 5) is 16.5. The number of fused-ring (bicyclic) bond motifs is 1. The molecule has 1 aromatic heterocycles. The van der Waals surface area contributed by atoms with Crippen LogP contribution in [0, 0.1) is 6.92 Å². The number of hydrogen-bond donors (Lipinski definition) is 2. The number of carbonyl (C=O) groups is 1. The molecular formula is C17H15N3O. The van der Waals surface area contributed by atoms with Crippen molar-refractivity contribution >= 4 is 28.2 Å². The van der Waals surface area contributed by atoms with E-state index in [-0.39, 0.29) is 5.91 Å². The second-order valence-electron chi connectivity index (χ2n) is 4.94. The van der Waals surface area contributed by atoms with Crippen LogP contribution in [0.15, 0.2) is 54.7 Å². The Hall–Kier alpha value is -2.88. The molecule has 3 rings (SSSR count). The molecule has 3 aromatic rings. The van der Waals surface area contributed by atoms with E-state index in [0.29, 0.717) is 11.3 Å². The second kappa shape index (κ2) is 5.25. The fraction of sp³-hybridized carbons (Fsp3) is 0.0588. The minimum Gasteiger partial charge on any atom is -0.398 e. The van der Waals surface area contributed by atoms with E-state index in [4.69, 9.17) is 5.73 Å². The number of anilines is 2. The molecule has 0 aliphatic carbocycles. The molecule has 0 bridgehead atoms. The van der Waals surface area contributed by atoms with Crippen molar-refractivity contribution in [3.05, 3.63) is 65.9 Å². The lowest BCUT2D eigenvalue weighted by Crippen LogP contribution is -2.12. The van der Waals surface area contributed by atoms with Crippen LogP contribution in [0.5, 0.6) is 0 Å². The van der Waals surface area contributed by atoms with Crippen LogP contribution in [0.2, 0.25) is 0 Å². The van der Waals surface area contributed by atoms with Gasteiger partial charge in [0.15, 0.2) is 0 Å². The second-order valence-corrected chi connectivity index (χ2v) is 4.94. The van der Waals surface area contributed by atoms with Crippen molar-refractivity contribution in [3.63, 3.8) is 0 Å². The zero-order chi connectivity index (χ0) is 14.8. The van der Waals surface area contributed by atoms with E-state index in [2.05, 4.69) is 10.3 Å². The van der Waals surface area contributed by atoms with Gasteiger partial charge in [0.25, 0.3) is 5.91 Å². The van der Waals surface area contributed by atoms with Gasteiger partial charge in [-0.15, -0.1) is 0 Å². The standard InChI is InChI=1S/C17H15N3O/c1-11-4-5-13(10-15(11)18)17(21)20-14-6-7-16-12(9-14)3-2-8-19-16/h2-10H,18H2,1H3,(H,20,21). The quantitative estimate of drug-likeness (QED) is 0.706. The molecule has 0 unspecified atom stereocenters. The van der Waals surface area contributed by atoms with Gasteiger partial charge in [-0.3, -0.25) is 9.78 Å². The average Bonchev–Trinajstić information content (AvgIpc) is 2.50. The zero-order valence-electron chi connectivity index (χ0n) is 11.6. The van der Waals surface area contributed by atoms with Crippen molar-refractivity contribution in [1.29, 1.82) is 0 Å². The highest BCUT2D eigenvalue weighted by Gasteiger charge is 2.08. The van der Waals surface area contributed by atoms with Gasteiger partial charge in [-0.05, 0) is 48.9 Å². The monoisotopic (exact) mass is 277 g/mol. The van der Waals surface area contributed by atoms with Crippen molar-refractivity contribution in [2.45, 2.75) is 6.92 Å². The van der Waals surface area contributed by atoms with Gasteiger partial charge in [0.1, 0.15) is 0 Å². The fourth-order valence-electron chi connectivity index (χ4n) is 2.14. The molecule has 0 saturated heterocycles. The molecule has 3 N–H and O–H groups in total. The number of carbonyl (C=O) groups excluding carboxylic acids is 1. The van der Waals surface area contributed by atoms with Crippen LogP contribution >= 0.6 is 0 Å². The number of amides is 1. The molecule has 4 nitrogen and oxygen atoms in total. The number of rotatable bonds is 2. The third kappa shape index (κ3) is 2.69. The Labute approximate surface area is 122 Å². The molecule has 1 heterocycles. The van der Waals surface area contributed by atoms with Gasteiger partial charge in [-0.25, -0.2) is 0 Å². The molecular weight excluding hydrogens is 262 g/mol. The van der Waals surface area contributed by atoms with Crippen LogP contribution < -0.4 is 11.1 Å². The summed E-state index contributed by atoms with van der Waals surface area (Å²) in [6.07, 6.45) is 1.75. The molecule has 0 atom stereocenters. The van der Waals surface area contributed by atoms with Gasteiger partial charge >= 0.3 is 0 Å². The largest absolute Gasteiger partial charge is 0.398 e. The maximum Gasteiger partial charge on any atom is 0.255 e. The molecule has 104 valence electrons. The minimum atomic E-state index is -0.176. The number of benzene rings is 2. The van der Waals surface area contributed by atoms with Crippen molar-refractivity contribution in [1.82, 2.24) is 4.98 Å². The molecule has 21 heavy (non-hydrogen) atoms. The Morgan fingerprint density at radius 1 is 1.14 bits per heavy atom. The molecule has 0 aliphatic heterocycles. The minimum absolute atomic E-state index is 0.176. The van der Waals surface area contributed by atoms with Crippen LogP contribution in [0.4, 0.5) is 11.4 Å². The van der Waals surface area contributed by atoms with E-state index in [9.17, 15) is 4.79 Å². The summed E-state index contributed by atoms with van der Waals surface area (Å²) in [6.45, 7) is 1.91. The maximum atomic E-state index is 12.2. The Kier molecular flexibility index (Phi) is 3.28. The van der Waals surface area contributed by atoms with Crippen molar-refractivity contribution in [2.75, 3.05) is 11.1 Å². The van der Waals surface area contributed by atoms with E-state index in [1.54, 1.807) is 18.3 Å². The highest BCUT2D eigenvalue weighted by molar-refractivity contribution is 6.05. The highest BCUT2D eigenvalue weighted by Crippen LogP contribution is 2.19. The number of nitrogen functional groups attached to an aromatic ring is 1. The van der Waals surface area contributed by atoms with E-state index < -0.39 is 0 Å². The molecule has 1 amide bonds. The molecule has 2 aromatic carbocycles. The van der Waals surface area contributed by atoms with Gasteiger partial charge in [0.05, 0.1) is 5.52 Å². The van der Waals surface area contributed by atoms with Gasteiger partial charge in [0, 0.05) is 28.5 Å². The number of pyridine rings is 1. The summed E-state index contributed by atoms with van der Waals surface area (Å²) >= 11 is 0. The number of hydrogen-bond acceptors (Lipinski definition) is 3. The molecule has 0 spiro atoms. The third-order valence-electron chi connectivity index (χ3n) is 3.40. The first-order chi connectivity index (χ1) is 10.1. The van der Waals surface area contributed by atoms with Crippen molar-refractivity contribution in [2.24, 2.45) is 0 Å². The molecule has 0 saturated carbocycles. The van der Waals surface area contributed by atoms with Crippen LogP contribution in [0.25, 0.3) is 10.9 Å². The average molecular weight is 277 g/mol. The Bertz CT molecular complexity index is 827. The maximum absolute atomic E-state index is 12.2. The van der Waals surface area contributed by atoms with Gasteiger partial charge in [0.2, 0.25) is 0 Å². The molecule has 0 fully saturated rings. The third-order valence-corrected chi connectivity index (χ3v) is 3.40. The lowest BCUT2D eigenvalue weighted by atomic mass is 10.1. The highest BCUT2D eigenvalue weighted by atomic mass is 16.1. The summed E-state index contributed by atoms with van der Waals surface area (Å²) in [5.74, 6) is -0.176. The molecule has 0 radical (unpaired) electrons. The number of aromatic nitrogens is 1. The number of nitrogens with zero attached hydrogens (tertiary/aromatic N) is 1. The predicted octanol–water partition coefficient (Wildman–Crippen LogP) is 3.38. The van der Waals surface area contributed by atoms with E-state index in [0.717, 1.165) is 22.2 Å². The van der Waals surface area contributed by atoms with Crippen LogP contribution in [0.1, 0.15) is 15.9 Å². The van der Waals surface area contributed by atoms with Crippen LogP contribution in [-0.2, 0) is 0 Å². The fourth-order valence-corrected chi connectivity index (χ4v) is 2.14. The number of aryl methyl sites for hydroxylation is 1. The van der Waals surface area contributed by atoms with Crippen LogP contribution in [0.3, 0.4) is 0 Å². The molecule has 0 aliphatic rings. The van der Waals surface area contributed by atoms with E-state index in [1.807, 2.05) is 43.3 Å². The van der Waals surface area contributed by atoms with Gasteiger partial charge in [-0.2, -0.15) is 0 Å². The van der Waals surface area contributed by atoms with Gasteiger partial charge < -0.3 is 11.1 Å². The topological polar surface area (TPSA) is 68.0 Å².